The van der Waals surface area contributed by atoms with Crippen LogP contribution in [-0.4, -0.2) is 73.6 Å². The first-order valence-electron chi connectivity index (χ1n) is 10.6. The molecule has 1 aromatic carbocycles. The molecule has 3 saturated heterocycles. The lowest BCUT2D eigenvalue weighted by Gasteiger charge is -2.37. The van der Waals surface area contributed by atoms with Crippen molar-refractivity contribution in [2.45, 2.75) is 57.2 Å². The van der Waals surface area contributed by atoms with Gasteiger partial charge in [-0.15, -0.1) is 0 Å². The van der Waals surface area contributed by atoms with Gasteiger partial charge in [0, 0.05) is 70.0 Å². The third-order valence-electron chi connectivity index (χ3n) is 6.77. The predicted octanol–water partition coefficient (Wildman–Crippen LogP) is 2.25. The molecule has 3 aliphatic heterocycles. The van der Waals surface area contributed by atoms with Crippen molar-refractivity contribution >= 4 is 11.6 Å². The Balaban J connectivity index is 1.21. The fourth-order valence-corrected chi connectivity index (χ4v) is 5.03. The summed E-state index contributed by atoms with van der Waals surface area (Å²) >= 11 is 0. The van der Waals surface area contributed by atoms with Crippen molar-refractivity contribution in [3.05, 3.63) is 29.8 Å². The number of anilines is 1. The second kappa shape index (κ2) is 8.19. The van der Waals surface area contributed by atoms with E-state index in [1.807, 2.05) is 7.05 Å². The van der Waals surface area contributed by atoms with Gasteiger partial charge in [-0.1, -0.05) is 12.1 Å². The Kier molecular flexibility index (Phi) is 5.69. The maximum absolute atomic E-state index is 12.7. The second-order valence-corrected chi connectivity index (χ2v) is 8.69. The molecule has 0 saturated carbocycles. The smallest absolute Gasteiger partial charge is 0.223 e. The van der Waals surface area contributed by atoms with Gasteiger partial charge in [0.1, 0.15) is 0 Å². The SMILES string of the molecule is Cc1cccc(N2CCN(CCC(=O)N(C)C3CC4CCC(C3)N4)CC2)c1. The van der Waals surface area contributed by atoms with Crippen molar-refractivity contribution in [2.75, 3.05) is 44.7 Å². The number of rotatable bonds is 5. The number of benzene rings is 1. The van der Waals surface area contributed by atoms with E-state index in [2.05, 4.69) is 51.2 Å². The van der Waals surface area contributed by atoms with Gasteiger partial charge in [-0.25, -0.2) is 0 Å². The van der Waals surface area contributed by atoms with Gasteiger partial charge < -0.3 is 15.1 Å². The van der Waals surface area contributed by atoms with E-state index in [-0.39, 0.29) is 0 Å². The summed E-state index contributed by atoms with van der Waals surface area (Å²) in [4.78, 5) is 19.7. The molecule has 3 aliphatic rings. The lowest BCUT2D eigenvalue weighted by Crippen LogP contribution is -2.50. The van der Waals surface area contributed by atoms with Gasteiger partial charge >= 0.3 is 0 Å². The van der Waals surface area contributed by atoms with Gasteiger partial charge in [-0.2, -0.15) is 0 Å². The number of carbonyl (C=O) groups is 1. The zero-order valence-corrected chi connectivity index (χ0v) is 16.9. The Labute approximate surface area is 163 Å². The molecular formula is C22H34N4O. The van der Waals surface area contributed by atoms with Crippen LogP contribution in [0.3, 0.4) is 0 Å². The summed E-state index contributed by atoms with van der Waals surface area (Å²) in [7, 11) is 2.02. The zero-order valence-electron chi connectivity index (χ0n) is 16.9. The molecule has 3 fully saturated rings. The summed E-state index contributed by atoms with van der Waals surface area (Å²) in [5, 5.41) is 3.67. The fourth-order valence-electron chi connectivity index (χ4n) is 5.03. The molecule has 0 aliphatic carbocycles. The summed E-state index contributed by atoms with van der Waals surface area (Å²) in [5.74, 6) is 0.322. The third kappa shape index (κ3) is 4.46. The van der Waals surface area contributed by atoms with Crippen LogP contribution in [0.4, 0.5) is 5.69 Å². The highest BCUT2D eigenvalue weighted by atomic mass is 16.2. The highest BCUT2D eigenvalue weighted by Crippen LogP contribution is 2.29. The maximum Gasteiger partial charge on any atom is 0.223 e. The summed E-state index contributed by atoms with van der Waals surface area (Å²) in [6, 6.07) is 10.5. The number of fused-ring (bicyclic) bond motifs is 2. The van der Waals surface area contributed by atoms with Crippen molar-refractivity contribution < 1.29 is 4.79 Å². The van der Waals surface area contributed by atoms with Crippen molar-refractivity contribution in [1.82, 2.24) is 15.1 Å². The van der Waals surface area contributed by atoms with Crippen molar-refractivity contribution in [2.24, 2.45) is 0 Å². The molecule has 5 nitrogen and oxygen atoms in total. The molecule has 148 valence electrons. The number of carbonyl (C=O) groups excluding carboxylic acids is 1. The van der Waals surface area contributed by atoms with Gasteiger partial charge in [-0.3, -0.25) is 9.69 Å². The Morgan fingerprint density at radius 2 is 1.85 bits per heavy atom. The minimum absolute atomic E-state index is 0.322. The Morgan fingerprint density at radius 3 is 2.52 bits per heavy atom. The molecule has 2 atom stereocenters. The number of aryl methyl sites for hydroxylation is 1. The second-order valence-electron chi connectivity index (χ2n) is 8.69. The van der Waals surface area contributed by atoms with Crippen LogP contribution in [0, 0.1) is 6.92 Å². The summed E-state index contributed by atoms with van der Waals surface area (Å²) in [6.45, 7) is 7.22. The molecule has 3 heterocycles. The molecule has 5 heteroatoms. The van der Waals surface area contributed by atoms with E-state index in [1.54, 1.807) is 0 Å². The fraction of sp³-hybridized carbons (Fsp3) is 0.682. The molecule has 4 rings (SSSR count). The Bertz CT molecular complexity index is 643. The largest absolute Gasteiger partial charge is 0.369 e. The number of nitrogens with one attached hydrogen (secondary N) is 1. The van der Waals surface area contributed by atoms with Crippen LogP contribution in [0.5, 0.6) is 0 Å². The van der Waals surface area contributed by atoms with Gasteiger partial charge in [-0.05, 0) is 50.3 Å². The lowest BCUT2D eigenvalue weighted by atomic mass is 9.98. The number of piperidine rings is 1. The van der Waals surface area contributed by atoms with E-state index in [1.165, 1.54) is 24.1 Å². The van der Waals surface area contributed by atoms with Gasteiger partial charge in [0.25, 0.3) is 0 Å². The standard InChI is InChI=1S/C22H34N4O/c1-17-4-3-5-20(14-17)26-12-10-25(11-13-26)9-8-22(27)24(2)21-15-18-6-7-19(16-21)23-18/h3-5,14,18-19,21,23H,6-13,15-16H2,1-2H3. The van der Waals surface area contributed by atoms with Crippen molar-refractivity contribution in [3.63, 3.8) is 0 Å². The average Bonchev–Trinajstić information content (AvgIpc) is 3.03. The minimum atomic E-state index is 0.322. The van der Waals surface area contributed by atoms with Crippen LogP contribution in [0.15, 0.2) is 24.3 Å². The highest BCUT2D eigenvalue weighted by Gasteiger charge is 2.36. The molecule has 1 N–H and O–H groups in total. The van der Waals surface area contributed by atoms with E-state index < -0.39 is 0 Å². The van der Waals surface area contributed by atoms with Crippen LogP contribution in [0.2, 0.25) is 0 Å². The molecule has 1 amide bonds. The van der Waals surface area contributed by atoms with E-state index in [0.29, 0.717) is 30.5 Å². The van der Waals surface area contributed by atoms with Gasteiger partial charge in [0.15, 0.2) is 0 Å². The van der Waals surface area contributed by atoms with Gasteiger partial charge in [0.05, 0.1) is 0 Å². The summed E-state index contributed by atoms with van der Waals surface area (Å²) < 4.78 is 0. The lowest BCUT2D eigenvalue weighted by molar-refractivity contribution is -0.133. The normalized spacial score (nSPS) is 28.4. The first-order valence-corrected chi connectivity index (χ1v) is 10.6. The molecular weight excluding hydrogens is 336 g/mol. The van der Waals surface area contributed by atoms with Gasteiger partial charge in [0.2, 0.25) is 5.91 Å². The monoisotopic (exact) mass is 370 g/mol. The van der Waals surface area contributed by atoms with Crippen LogP contribution in [-0.2, 0) is 4.79 Å². The van der Waals surface area contributed by atoms with Crippen LogP contribution < -0.4 is 10.2 Å². The summed E-state index contributed by atoms with van der Waals surface area (Å²) in [5.41, 5.74) is 2.64. The molecule has 27 heavy (non-hydrogen) atoms. The van der Waals surface area contributed by atoms with Crippen molar-refractivity contribution in [3.8, 4) is 0 Å². The zero-order chi connectivity index (χ0) is 18.8. The molecule has 0 spiro atoms. The molecule has 0 aromatic heterocycles. The number of amides is 1. The maximum atomic E-state index is 12.7. The molecule has 1 aromatic rings. The van der Waals surface area contributed by atoms with Crippen molar-refractivity contribution in [1.29, 1.82) is 0 Å². The number of nitrogens with zero attached hydrogens (tertiary/aromatic N) is 3. The van der Waals surface area contributed by atoms with Crippen LogP contribution in [0.25, 0.3) is 0 Å². The van der Waals surface area contributed by atoms with Crippen LogP contribution >= 0.6 is 0 Å². The third-order valence-corrected chi connectivity index (χ3v) is 6.77. The molecule has 2 bridgehead atoms. The Hall–Kier alpha value is -1.59. The average molecular weight is 371 g/mol. The van der Waals surface area contributed by atoms with E-state index in [9.17, 15) is 4.79 Å². The quantitative estimate of drug-likeness (QED) is 0.863. The van der Waals surface area contributed by atoms with E-state index in [4.69, 9.17) is 0 Å². The number of piperazine rings is 1. The predicted molar refractivity (Wildman–Crippen MR) is 110 cm³/mol. The topological polar surface area (TPSA) is 38.8 Å². The number of hydrogen-bond acceptors (Lipinski definition) is 4. The van der Waals surface area contributed by atoms with Crippen LogP contribution in [0.1, 0.15) is 37.7 Å². The number of hydrogen-bond donors (Lipinski definition) is 1. The van der Waals surface area contributed by atoms with E-state index >= 15 is 0 Å². The minimum Gasteiger partial charge on any atom is -0.369 e. The van der Waals surface area contributed by atoms with E-state index in [0.717, 1.165) is 45.6 Å². The Morgan fingerprint density at radius 1 is 1.15 bits per heavy atom. The summed E-state index contributed by atoms with van der Waals surface area (Å²) in [6.07, 6.45) is 5.49. The first-order chi connectivity index (χ1) is 13.1. The highest BCUT2D eigenvalue weighted by molar-refractivity contribution is 5.76. The molecule has 2 unspecified atom stereocenters. The first kappa shape index (κ1) is 18.8. The molecule has 0 radical (unpaired) electrons.